The van der Waals surface area contributed by atoms with E-state index in [1.54, 1.807) is 0 Å². The van der Waals surface area contributed by atoms with Gasteiger partial charge in [-0.1, -0.05) is 0 Å². The van der Waals surface area contributed by atoms with Gasteiger partial charge in [0.2, 0.25) is 5.91 Å². The van der Waals surface area contributed by atoms with E-state index in [4.69, 9.17) is 9.47 Å². The summed E-state index contributed by atoms with van der Waals surface area (Å²) in [4.78, 5) is 16.2. The van der Waals surface area contributed by atoms with Crippen LogP contribution in [0.1, 0.15) is 25.7 Å². The van der Waals surface area contributed by atoms with Gasteiger partial charge in [-0.15, -0.1) is 0 Å². The molecule has 0 bridgehead atoms. The van der Waals surface area contributed by atoms with E-state index in [9.17, 15) is 4.79 Å². The van der Waals surface area contributed by atoms with E-state index < -0.39 is 5.79 Å². The quantitative estimate of drug-likeness (QED) is 0.733. The molecule has 3 rings (SSSR count). The first kappa shape index (κ1) is 12.4. The summed E-state index contributed by atoms with van der Waals surface area (Å²) in [6.45, 7) is 3.57. The molecule has 0 aromatic carbocycles. The number of carbonyl (C=O) groups is 1. The molecular formula is C13H22N2O3. The van der Waals surface area contributed by atoms with Crippen molar-refractivity contribution in [1.82, 2.24) is 9.80 Å². The molecule has 0 atom stereocenters. The van der Waals surface area contributed by atoms with Crippen LogP contribution < -0.4 is 0 Å². The average Bonchev–Trinajstić information content (AvgIpc) is 3.12. The summed E-state index contributed by atoms with van der Waals surface area (Å²) in [6.07, 6.45) is 4.33. The standard InChI is InChI=1S/C13H22N2O3/c1-14(11-3-4-11)12(16)9-15-6-2-5-13(10-15)17-7-8-18-13/h11H,2-10H2,1H3. The molecule has 1 amide bonds. The van der Waals surface area contributed by atoms with Crippen molar-refractivity contribution in [3.8, 4) is 0 Å². The minimum atomic E-state index is -0.420. The van der Waals surface area contributed by atoms with E-state index >= 15 is 0 Å². The van der Waals surface area contributed by atoms with Gasteiger partial charge >= 0.3 is 0 Å². The molecule has 102 valence electrons. The van der Waals surface area contributed by atoms with Crippen molar-refractivity contribution in [3.05, 3.63) is 0 Å². The molecule has 0 aromatic rings. The lowest BCUT2D eigenvalue weighted by Gasteiger charge is -2.38. The molecule has 1 aliphatic carbocycles. The van der Waals surface area contributed by atoms with Crippen LogP contribution in [0.5, 0.6) is 0 Å². The van der Waals surface area contributed by atoms with E-state index in [0.29, 0.717) is 25.8 Å². The monoisotopic (exact) mass is 254 g/mol. The van der Waals surface area contributed by atoms with Gasteiger partial charge in [-0.25, -0.2) is 0 Å². The fraction of sp³-hybridized carbons (Fsp3) is 0.923. The van der Waals surface area contributed by atoms with Gasteiger partial charge in [-0.3, -0.25) is 9.69 Å². The second-order valence-corrected chi connectivity index (χ2v) is 5.66. The first-order valence-corrected chi connectivity index (χ1v) is 6.94. The Labute approximate surface area is 108 Å². The summed E-state index contributed by atoms with van der Waals surface area (Å²) in [5.74, 6) is -0.191. The van der Waals surface area contributed by atoms with Crippen LogP contribution in [0.2, 0.25) is 0 Å². The largest absolute Gasteiger partial charge is 0.346 e. The lowest BCUT2D eigenvalue weighted by atomic mass is 10.0. The molecule has 2 saturated heterocycles. The van der Waals surface area contributed by atoms with Crippen molar-refractivity contribution in [3.63, 3.8) is 0 Å². The van der Waals surface area contributed by atoms with Gasteiger partial charge in [0.25, 0.3) is 0 Å². The smallest absolute Gasteiger partial charge is 0.236 e. The molecule has 0 unspecified atom stereocenters. The summed E-state index contributed by atoms with van der Waals surface area (Å²) >= 11 is 0. The number of likely N-dealkylation sites (tertiary alicyclic amines) is 1. The molecule has 18 heavy (non-hydrogen) atoms. The normalized spacial score (nSPS) is 27.6. The van der Waals surface area contributed by atoms with Crippen LogP contribution in [0, 0.1) is 0 Å². The van der Waals surface area contributed by atoms with Crippen molar-refractivity contribution >= 4 is 5.91 Å². The highest BCUT2D eigenvalue weighted by atomic mass is 16.7. The Morgan fingerprint density at radius 3 is 2.78 bits per heavy atom. The first-order valence-electron chi connectivity index (χ1n) is 6.94. The minimum absolute atomic E-state index is 0.229. The molecule has 2 aliphatic heterocycles. The molecule has 1 spiro atoms. The zero-order chi connectivity index (χ0) is 12.6. The Bertz CT molecular complexity index is 324. The molecule has 0 aromatic heterocycles. The van der Waals surface area contributed by atoms with Gasteiger partial charge in [0.05, 0.1) is 26.3 Å². The molecule has 1 saturated carbocycles. The predicted molar refractivity (Wildman–Crippen MR) is 66.1 cm³/mol. The molecule has 5 nitrogen and oxygen atoms in total. The predicted octanol–water partition coefficient (Wildman–Crippen LogP) is 0.446. The Kier molecular flexibility index (Phi) is 3.30. The summed E-state index contributed by atoms with van der Waals surface area (Å²) in [7, 11) is 1.92. The maximum absolute atomic E-state index is 12.1. The van der Waals surface area contributed by atoms with Crippen molar-refractivity contribution in [1.29, 1.82) is 0 Å². The lowest BCUT2D eigenvalue weighted by molar-refractivity contribution is -0.190. The Morgan fingerprint density at radius 1 is 1.39 bits per heavy atom. The molecule has 0 N–H and O–H groups in total. The molecular weight excluding hydrogens is 232 g/mol. The van der Waals surface area contributed by atoms with Gasteiger partial charge in [-0.05, 0) is 25.8 Å². The molecule has 0 radical (unpaired) electrons. The number of rotatable bonds is 3. The van der Waals surface area contributed by atoms with E-state index in [2.05, 4.69) is 4.90 Å². The third-order valence-electron chi connectivity index (χ3n) is 4.16. The van der Waals surface area contributed by atoms with Crippen LogP contribution in [0.25, 0.3) is 0 Å². The zero-order valence-corrected chi connectivity index (χ0v) is 11.1. The Morgan fingerprint density at radius 2 is 2.11 bits per heavy atom. The van der Waals surface area contributed by atoms with Gasteiger partial charge < -0.3 is 14.4 Å². The van der Waals surface area contributed by atoms with Gasteiger partial charge in [0.1, 0.15) is 0 Å². The van der Waals surface area contributed by atoms with Gasteiger partial charge in [0, 0.05) is 19.5 Å². The summed E-state index contributed by atoms with van der Waals surface area (Å²) < 4.78 is 11.4. The Balaban J connectivity index is 1.54. The lowest BCUT2D eigenvalue weighted by Crippen LogP contribution is -2.51. The maximum atomic E-state index is 12.1. The van der Waals surface area contributed by atoms with Gasteiger partial charge in [-0.2, -0.15) is 0 Å². The molecule has 3 aliphatic rings. The van der Waals surface area contributed by atoms with Crippen molar-refractivity contribution in [2.75, 3.05) is 39.9 Å². The summed E-state index contributed by atoms with van der Waals surface area (Å²) in [5, 5.41) is 0. The van der Waals surface area contributed by atoms with Crippen LogP contribution in [-0.4, -0.2) is 67.4 Å². The fourth-order valence-electron chi connectivity index (χ4n) is 2.91. The SMILES string of the molecule is CN(C(=O)CN1CCCC2(C1)OCCO2)C1CC1. The highest BCUT2D eigenvalue weighted by molar-refractivity contribution is 5.78. The minimum Gasteiger partial charge on any atom is -0.346 e. The van der Waals surface area contributed by atoms with Crippen molar-refractivity contribution < 1.29 is 14.3 Å². The van der Waals surface area contributed by atoms with Crippen LogP contribution in [0.3, 0.4) is 0 Å². The zero-order valence-electron chi connectivity index (χ0n) is 11.1. The number of hydrogen-bond acceptors (Lipinski definition) is 4. The van der Waals surface area contributed by atoms with E-state index in [1.165, 1.54) is 12.8 Å². The third kappa shape index (κ3) is 2.53. The van der Waals surface area contributed by atoms with Crippen LogP contribution in [-0.2, 0) is 14.3 Å². The van der Waals surface area contributed by atoms with E-state index in [-0.39, 0.29) is 5.91 Å². The number of nitrogens with zero attached hydrogens (tertiary/aromatic N) is 2. The van der Waals surface area contributed by atoms with Gasteiger partial charge in [0.15, 0.2) is 5.79 Å². The fourth-order valence-corrected chi connectivity index (χ4v) is 2.91. The maximum Gasteiger partial charge on any atom is 0.236 e. The van der Waals surface area contributed by atoms with Crippen LogP contribution in [0.4, 0.5) is 0 Å². The van der Waals surface area contributed by atoms with Crippen LogP contribution >= 0.6 is 0 Å². The number of carbonyl (C=O) groups excluding carboxylic acids is 1. The molecule has 3 fully saturated rings. The van der Waals surface area contributed by atoms with E-state index in [0.717, 1.165) is 25.9 Å². The number of likely N-dealkylation sites (N-methyl/N-ethyl adjacent to an activating group) is 1. The van der Waals surface area contributed by atoms with Crippen molar-refractivity contribution in [2.24, 2.45) is 0 Å². The second-order valence-electron chi connectivity index (χ2n) is 5.66. The van der Waals surface area contributed by atoms with Crippen molar-refractivity contribution in [2.45, 2.75) is 37.5 Å². The summed E-state index contributed by atoms with van der Waals surface area (Å²) in [5.41, 5.74) is 0. The highest BCUT2D eigenvalue weighted by Crippen LogP contribution is 2.30. The molecule has 2 heterocycles. The number of piperidine rings is 1. The number of amides is 1. The molecule has 5 heteroatoms. The summed E-state index contributed by atoms with van der Waals surface area (Å²) in [6, 6.07) is 0.496. The number of hydrogen-bond donors (Lipinski definition) is 0. The Hall–Kier alpha value is -0.650. The highest BCUT2D eigenvalue weighted by Gasteiger charge is 2.41. The number of ether oxygens (including phenoxy) is 2. The first-order chi connectivity index (χ1) is 8.69. The third-order valence-corrected chi connectivity index (χ3v) is 4.16. The average molecular weight is 254 g/mol. The topological polar surface area (TPSA) is 42.0 Å². The van der Waals surface area contributed by atoms with Crippen LogP contribution in [0.15, 0.2) is 0 Å². The second kappa shape index (κ2) is 4.79. The van der Waals surface area contributed by atoms with E-state index in [1.807, 2.05) is 11.9 Å².